The summed E-state index contributed by atoms with van der Waals surface area (Å²) in [7, 11) is 0. The van der Waals surface area contributed by atoms with Crippen LogP contribution in [0.25, 0.3) is 0 Å². The lowest BCUT2D eigenvalue weighted by atomic mass is 10.3. The Bertz CT molecular complexity index is 743. The molecule has 4 N–H and O–H groups in total. The molecule has 0 aliphatic heterocycles. The van der Waals surface area contributed by atoms with Crippen LogP contribution in [0.4, 0.5) is 23.3 Å². The van der Waals surface area contributed by atoms with Gasteiger partial charge < -0.3 is 20.8 Å². The molecule has 1 heterocycles. The van der Waals surface area contributed by atoms with Gasteiger partial charge in [0.1, 0.15) is 11.5 Å². The average molecular weight is 330 g/mol. The van der Waals surface area contributed by atoms with Crippen LogP contribution in [0.1, 0.15) is 0 Å². The molecule has 0 spiro atoms. The van der Waals surface area contributed by atoms with Gasteiger partial charge in [-0.2, -0.15) is 15.0 Å². The van der Waals surface area contributed by atoms with Gasteiger partial charge >= 0.3 is 0 Å². The molecule has 3 rings (SSSR count). The van der Waals surface area contributed by atoms with E-state index < -0.39 is 0 Å². The second kappa shape index (κ2) is 6.37. The predicted molar refractivity (Wildman–Crippen MR) is 87.6 cm³/mol. The highest BCUT2D eigenvalue weighted by Crippen LogP contribution is 2.21. The number of rotatable bonds is 4. The van der Waals surface area contributed by atoms with Gasteiger partial charge in [-0.3, -0.25) is 0 Å². The van der Waals surface area contributed by atoms with Gasteiger partial charge in [-0.05, 0) is 60.1 Å². The van der Waals surface area contributed by atoms with E-state index in [1.54, 1.807) is 48.5 Å². The first kappa shape index (κ1) is 14.9. The molecule has 0 saturated carbocycles. The number of nitrogens with zero attached hydrogens (tertiary/aromatic N) is 3. The molecule has 0 unspecified atom stereocenters. The largest absolute Gasteiger partial charge is 0.508 e. The van der Waals surface area contributed by atoms with Crippen molar-refractivity contribution in [2.45, 2.75) is 0 Å². The summed E-state index contributed by atoms with van der Waals surface area (Å²) >= 11 is 5.91. The summed E-state index contributed by atoms with van der Waals surface area (Å²) in [5.74, 6) is 0.853. The van der Waals surface area contributed by atoms with Gasteiger partial charge in [0.25, 0.3) is 0 Å². The number of aromatic nitrogens is 3. The minimum absolute atomic E-state index is 0.0301. The molecule has 0 atom stereocenters. The number of hydrogen-bond acceptors (Lipinski definition) is 7. The fourth-order valence-corrected chi connectivity index (χ4v) is 1.97. The van der Waals surface area contributed by atoms with E-state index in [1.807, 2.05) is 0 Å². The molecule has 0 radical (unpaired) electrons. The monoisotopic (exact) mass is 329 g/mol. The summed E-state index contributed by atoms with van der Waals surface area (Å²) < 4.78 is 0. The highest BCUT2D eigenvalue weighted by Gasteiger charge is 2.06. The van der Waals surface area contributed by atoms with Crippen molar-refractivity contribution >= 4 is 34.9 Å². The Morgan fingerprint density at radius 2 is 1.04 bits per heavy atom. The van der Waals surface area contributed by atoms with Crippen LogP contribution in [0.3, 0.4) is 0 Å². The van der Waals surface area contributed by atoms with Gasteiger partial charge in [0.15, 0.2) is 0 Å². The normalized spacial score (nSPS) is 10.3. The number of anilines is 4. The Balaban J connectivity index is 1.81. The van der Waals surface area contributed by atoms with Gasteiger partial charge in [-0.1, -0.05) is 0 Å². The lowest BCUT2D eigenvalue weighted by Crippen LogP contribution is -2.03. The lowest BCUT2D eigenvalue weighted by molar-refractivity contribution is 0.475. The molecule has 0 bridgehead atoms. The summed E-state index contributed by atoms with van der Waals surface area (Å²) in [5.41, 5.74) is 1.39. The third kappa shape index (κ3) is 3.98. The van der Waals surface area contributed by atoms with Crippen LogP contribution >= 0.6 is 11.6 Å². The number of benzene rings is 2. The second-order valence-corrected chi connectivity index (χ2v) is 4.93. The Kier molecular flexibility index (Phi) is 4.11. The van der Waals surface area contributed by atoms with Crippen LogP contribution in [0.15, 0.2) is 48.5 Å². The van der Waals surface area contributed by atoms with Crippen molar-refractivity contribution in [3.05, 3.63) is 53.8 Å². The SMILES string of the molecule is Oc1ccc(Nc2nc(Cl)nc(Nc3ccc(O)cc3)n2)cc1. The first-order valence-corrected chi connectivity index (χ1v) is 7.00. The number of hydrogen-bond donors (Lipinski definition) is 4. The van der Waals surface area contributed by atoms with Crippen molar-refractivity contribution in [1.29, 1.82) is 0 Å². The topological polar surface area (TPSA) is 103 Å². The van der Waals surface area contributed by atoms with E-state index in [4.69, 9.17) is 11.6 Å². The van der Waals surface area contributed by atoms with E-state index in [2.05, 4.69) is 25.6 Å². The molecular formula is C15H12ClN5O2. The average Bonchev–Trinajstić information content (AvgIpc) is 2.51. The molecule has 0 aliphatic carbocycles. The molecule has 8 heteroatoms. The van der Waals surface area contributed by atoms with Crippen molar-refractivity contribution in [3.8, 4) is 11.5 Å². The van der Waals surface area contributed by atoms with E-state index in [9.17, 15) is 10.2 Å². The van der Waals surface area contributed by atoms with Gasteiger partial charge in [0, 0.05) is 11.4 Å². The van der Waals surface area contributed by atoms with Crippen molar-refractivity contribution in [3.63, 3.8) is 0 Å². The van der Waals surface area contributed by atoms with Gasteiger partial charge in [-0.15, -0.1) is 0 Å². The number of halogens is 1. The summed E-state index contributed by atoms with van der Waals surface area (Å²) in [4.78, 5) is 12.2. The maximum atomic E-state index is 9.28. The lowest BCUT2D eigenvalue weighted by Gasteiger charge is -2.08. The highest BCUT2D eigenvalue weighted by atomic mass is 35.5. The van der Waals surface area contributed by atoms with Crippen LogP contribution in [0.2, 0.25) is 5.28 Å². The molecule has 0 fully saturated rings. The molecule has 2 aromatic carbocycles. The molecule has 0 aliphatic rings. The third-order valence-electron chi connectivity index (χ3n) is 2.86. The van der Waals surface area contributed by atoms with Crippen LogP contribution < -0.4 is 10.6 Å². The standard InChI is InChI=1S/C15H12ClN5O2/c16-13-19-14(17-9-1-5-11(22)6-2-9)21-15(20-13)18-10-3-7-12(23)8-4-10/h1-8,22-23H,(H2,17,18,19,20,21). The molecule has 1 aromatic heterocycles. The molecule has 3 aromatic rings. The summed E-state index contributed by atoms with van der Waals surface area (Å²) in [5, 5.41) is 24.5. The molecule has 7 nitrogen and oxygen atoms in total. The Hall–Kier alpha value is -3.06. The Morgan fingerprint density at radius 1 is 0.652 bits per heavy atom. The summed E-state index contributed by atoms with van der Waals surface area (Å²) in [6.07, 6.45) is 0. The molecule has 0 amide bonds. The molecule has 23 heavy (non-hydrogen) atoms. The Morgan fingerprint density at radius 3 is 1.43 bits per heavy atom. The van der Waals surface area contributed by atoms with Crippen molar-refractivity contribution in [2.24, 2.45) is 0 Å². The molecule has 116 valence electrons. The second-order valence-electron chi connectivity index (χ2n) is 4.60. The fourth-order valence-electron chi connectivity index (χ4n) is 1.81. The van der Waals surface area contributed by atoms with Crippen molar-refractivity contribution < 1.29 is 10.2 Å². The molecule has 0 saturated heterocycles. The van der Waals surface area contributed by atoms with Gasteiger partial charge in [-0.25, -0.2) is 0 Å². The number of nitrogens with one attached hydrogen (secondary N) is 2. The van der Waals surface area contributed by atoms with E-state index in [1.165, 1.54) is 0 Å². The first-order chi connectivity index (χ1) is 11.1. The maximum Gasteiger partial charge on any atom is 0.233 e. The van der Waals surface area contributed by atoms with Crippen molar-refractivity contribution in [1.82, 2.24) is 15.0 Å². The van der Waals surface area contributed by atoms with Crippen molar-refractivity contribution in [2.75, 3.05) is 10.6 Å². The van der Waals surface area contributed by atoms with Gasteiger partial charge in [0.05, 0.1) is 0 Å². The number of aromatic hydroxyl groups is 2. The number of phenols is 2. The minimum Gasteiger partial charge on any atom is -0.508 e. The van der Waals surface area contributed by atoms with Crippen LogP contribution in [-0.2, 0) is 0 Å². The van der Waals surface area contributed by atoms with E-state index in [0.717, 1.165) is 0 Å². The zero-order chi connectivity index (χ0) is 16.2. The van der Waals surface area contributed by atoms with E-state index in [-0.39, 0.29) is 28.7 Å². The quantitative estimate of drug-likeness (QED) is 0.544. The first-order valence-electron chi connectivity index (χ1n) is 6.62. The zero-order valence-corrected chi connectivity index (χ0v) is 12.5. The summed E-state index contributed by atoms with van der Waals surface area (Å²) in [6, 6.07) is 12.9. The van der Waals surface area contributed by atoms with E-state index in [0.29, 0.717) is 11.4 Å². The third-order valence-corrected chi connectivity index (χ3v) is 3.02. The van der Waals surface area contributed by atoms with Crippen LogP contribution in [-0.4, -0.2) is 25.2 Å². The van der Waals surface area contributed by atoms with E-state index >= 15 is 0 Å². The maximum absolute atomic E-state index is 9.28. The summed E-state index contributed by atoms with van der Waals surface area (Å²) in [6.45, 7) is 0. The van der Waals surface area contributed by atoms with Crippen LogP contribution in [0, 0.1) is 0 Å². The van der Waals surface area contributed by atoms with Gasteiger partial charge in [0.2, 0.25) is 17.2 Å². The smallest absolute Gasteiger partial charge is 0.233 e. The molecular weight excluding hydrogens is 318 g/mol. The highest BCUT2D eigenvalue weighted by molar-refractivity contribution is 6.28. The fraction of sp³-hybridized carbons (Fsp3) is 0. The zero-order valence-electron chi connectivity index (χ0n) is 11.7. The predicted octanol–water partition coefficient (Wildman–Crippen LogP) is 3.42. The number of phenolic OH excluding ortho intramolecular Hbond substituents is 2. The van der Waals surface area contributed by atoms with Crippen LogP contribution in [0.5, 0.6) is 11.5 Å². The minimum atomic E-state index is 0.0301. The Labute approximate surface area is 136 Å².